The highest BCUT2D eigenvalue weighted by molar-refractivity contribution is 9.09. The van der Waals surface area contributed by atoms with Gasteiger partial charge in [-0.1, -0.05) is 34.1 Å². The molecule has 0 bridgehead atoms. The molecule has 0 saturated carbocycles. The molecule has 1 aromatic carbocycles. The Balaban J connectivity index is 1.98. The van der Waals surface area contributed by atoms with E-state index in [1.54, 1.807) is 0 Å². The molecule has 1 saturated heterocycles. The number of hydrogen-bond donors (Lipinski definition) is 0. The van der Waals surface area contributed by atoms with Crippen molar-refractivity contribution in [3.63, 3.8) is 0 Å². The van der Waals surface area contributed by atoms with Gasteiger partial charge < -0.3 is 4.74 Å². The van der Waals surface area contributed by atoms with Crippen molar-refractivity contribution in [2.24, 2.45) is 5.41 Å². The van der Waals surface area contributed by atoms with Crippen LogP contribution in [0.3, 0.4) is 0 Å². The third kappa shape index (κ3) is 3.49. The Hall–Kier alpha value is 0.01000. The van der Waals surface area contributed by atoms with E-state index in [2.05, 4.69) is 47.1 Å². The molecular weight excluding hydrogens is 296 g/mol. The lowest BCUT2D eigenvalue weighted by Crippen LogP contribution is -2.33. The Kier molecular flexibility index (Phi) is 4.95. The first kappa shape index (κ1) is 13.4. The lowest BCUT2D eigenvalue weighted by atomic mass is 9.85. The zero-order chi connectivity index (χ0) is 12.1. The van der Waals surface area contributed by atoms with Crippen LogP contribution in [-0.4, -0.2) is 24.3 Å². The summed E-state index contributed by atoms with van der Waals surface area (Å²) in [6, 6.07) is 8.64. The number of alkyl halides is 1. The minimum absolute atomic E-state index is 0.422. The number of ether oxygens (including phenoxy) is 1. The summed E-state index contributed by atoms with van der Waals surface area (Å²) < 4.78 is 5.47. The van der Waals surface area contributed by atoms with Gasteiger partial charge in [0.15, 0.2) is 0 Å². The van der Waals surface area contributed by atoms with E-state index in [0.29, 0.717) is 5.41 Å². The van der Waals surface area contributed by atoms with Gasteiger partial charge in [0.25, 0.3) is 0 Å². The summed E-state index contributed by atoms with van der Waals surface area (Å²) >= 11 is 5.68. The second-order valence-electron chi connectivity index (χ2n) is 4.80. The monoisotopic (exact) mass is 314 g/mol. The van der Waals surface area contributed by atoms with Gasteiger partial charge in [-0.05, 0) is 36.8 Å². The molecule has 0 aliphatic carbocycles. The van der Waals surface area contributed by atoms with Gasteiger partial charge in [-0.3, -0.25) is 0 Å². The number of benzene rings is 1. The van der Waals surface area contributed by atoms with Crippen LogP contribution in [0.4, 0.5) is 0 Å². The summed E-state index contributed by atoms with van der Waals surface area (Å²) in [5.74, 6) is 1.19. The number of aryl methyl sites for hydroxylation is 1. The molecule has 0 N–H and O–H groups in total. The van der Waals surface area contributed by atoms with Gasteiger partial charge in [0.1, 0.15) is 0 Å². The summed E-state index contributed by atoms with van der Waals surface area (Å²) in [4.78, 5) is 1.42. The number of hydrogen-bond acceptors (Lipinski definition) is 2. The zero-order valence-electron chi connectivity index (χ0n) is 10.2. The molecule has 94 valence electrons. The molecule has 3 heteroatoms. The first-order valence-electron chi connectivity index (χ1n) is 6.08. The smallest absolute Gasteiger partial charge is 0.0471 e. The van der Waals surface area contributed by atoms with Crippen LogP contribution in [0.2, 0.25) is 0 Å². The van der Waals surface area contributed by atoms with Crippen LogP contribution in [0.15, 0.2) is 29.2 Å². The minimum atomic E-state index is 0.422. The molecule has 0 unspecified atom stereocenters. The van der Waals surface area contributed by atoms with Gasteiger partial charge in [0.05, 0.1) is 0 Å². The molecule has 2 rings (SSSR count). The molecular formula is C14H19BrOS. The van der Waals surface area contributed by atoms with E-state index in [0.717, 1.165) is 18.5 Å². The van der Waals surface area contributed by atoms with Gasteiger partial charge in [-0.15, -0.1) is 11.8 Å². The molecule has 0 aromatic heterocycles. The van der Waals surface area contributed by atoms with Gasteiger partial charge in [0.2, 0.25) is 0 Å². The van der Waals surface area contributed by atoms with Crippen molar-refractivity contribution < 1.29 is 4.74 Å². The average molecular weight is 315 g/mol. The van der Waals surface area contributed by atoms with Crippen molar-refractivity contribution in [1.29, 1.82) is 0 Å². The van der Waals surface area contributed by atoms with Crippen LogP contribution < -0.4 is 0 Å². The quantitative estimate of drug-likeness (QED) is 0.606. The molecule has 0 atom stereocenters. The van der Waals surface area contributed by atoms with Crippen molar-refractivity contribution in [3.8, 4) is 0 Å². The van der Waals surface area contributed by atoms with Crippen molar-refractivity contribution in [1.82, 2.24) is 0 Å². The van der Waals surface area contributed by atoms with E-state index in [4.69, 9.17) is 4.74 Å². The highest BCUT2D eigenvalue weighted by atomic mass is 79.9. The molecule has 1 fully saturated rings. The summed E-state index contributed by atoms with van der Waals surface area (Å²) in [7, 11) is 0. The van der Waals surface area contributed by atoms with E-state index in [9.17, 15) is 0 Å². The van der Waals surface area contributed by atoms with Gasteiger partial charge in [-0.2, -0.15) is 0 Å². The normalized spacial score (nSPS) is 19.2. The van der Waals surface area contributed by atoms with E-state index >= 15 is 0 Å². The SMILES string of the molecule is Cc1ccccc1SCC1(CBr)CCOCC1. The Bertz CT molecular complexity index is 361. The standard InChI is InChI=1S/C14H19BrOS/c1-12-4-2-3-5-13(12)17-11-14(10-15)6-8-16-9-7-14/h2-5H,6-11H2,1H3. The van der Waals surface area contributed by atoms with Crippen LogP contribution in [0.1, 0.15) is 18.4 Å². The molecule has 17 heavy (non-hydrogen) atoms. The maximum absolute atomic E-state index is 5.47. The molecule has 1 aliphatic rings. The largest absolute Gasteiger partial charge is 0.381 e. The summed E-state index contributed by atoms with van der Waals surface area (Å²) in [6.45, 7) is 4.02. The van der Waals surface area contributed by atoms with Gasteiger partial charge in [-0.25, -0.2) is 0 Å². The Morgan fingerprint density at radius 2 is 2.00 bits per heavy atom. The maximum atomic E-state index is 5.47. The van der Waals surface area contributed by atoms with E-state index in [1.807, 2.05) is 11.8 Å². The van der Waals surface area contributed by atoms with Crippen LogP contribution >= 0.6 is 27.7 Å². The van der Waals surface area contributed by atoms with Crippen LogP contribution in [0.25, 0.3) is 0 Å². The second-order valence-corrected chi connectivity index (χ2v) is 6.38. The molecule has 0 spiro atoms. The fourth-order valence-electron chi connectivity index (χ4n) is 2.07. The first-order chi connectivity index (χ1) is 8.26. The highest BCUT2D eigenvalue weighted by Gasteiger charge is 2.31. The molecule has 0 amide bonds. The fraction of sp³-hybridized carbons (Fsp3) is 0.571. The zero-order valence-corrected chi connectivity index (χ0v) is 12.6. The highest BCUT2D eigenvalue weighted by Crippen LogP contribution is 2.38. The summed E-state index contributed by atoms with van der Waals surface area (Å²) in [6.07, 6.45) is 2.36. The summed E-state index contributed by atoms with van der Waals surface area (Å²) in [5.41, 5.74) is 1.81. The lowest BCUT2D eigenvalue weighted by Gasteiger charge is -2.35. The number of thioether (sulfide) groups is 1. The van der Waals surface area contributed by atoms with Crippen molar-refractivity contribution in [2.45, 2.75) is 24.7 Å². The van der Waals surface area contributed by atoms with Crippen LogP contribution in [0, 0.1) is 12.3 Å². The van der Waals surface area contributed by atoms with Crippen molar-refractivity contribution in [2.75, 3.05) is 24.3 Å². The molecule has 1 heterocycles. The summed E-state index contributed by atoms with van der Waals surface area (Å²) in [5, 5.41) is 1.09. The third-order valence-corrected chi connectivity index (χ3v) is 6.18. The topological polar surface area (TPSA) is 9.23 Å². The van der Waals surface area contributed by atoms with Crippen LogP contribution in [-0.2, 0) is 4.74 Å². The predicted molar refractivity (Wildman–Crippen MR) is 78.2 cm³/mol. The van der Waals surface area contributed by atoms with E-state index in [1.165, 1.54) is 29.1 Å². The fourth-order valence-corrected chi connectivity index (χ4v) is 4.41. The lowest BCUT2D eigenvalue weighted by molar-refractivity contribution is 0.0374. The number of rotatable bonds is 4. The molecule has 1 nitrogen and oxygen atoms in total. The van der Waals surface area contributed by atoms with Gasteiger partial charge >= 0.3 is 0 Å². The predicted octanol–water partition coefficient (Wildman–Crippen LogP) is 4.28. The Morgan fingerprint density at radius 1 is 1.29 bits per heavy atom. The average Bonchev–Trinajstić information content (AvgIpc) is 2.39. The Morgan fingerprint density at radius 3 is 2.65 bits per heavy atom. The molecule has 1 aromatic rings. The minimum Gasteiger partial charge on any atom is -0.381 e. The van der Waals surface area contributed by atoms with Crippen LogP contribution in [0.5, 0.6) is 0 Å². The second kappa shape index (κ2) is 6.26. The number of halogens is 1. The molecule has 1 aliphatic heterocycles. The van der Waals surface area contributed by atoms with E-state index in [-0.39, 0.29) is 0 Å². The van der Waals surface area contributed by atoms with Crippen molar-refractivity contribution in [3.05, 3.63) is 29.8 Å². The maximum Gasteiger partial charge on any atom is 0.0471 e. The molecule has 0 radical (unpaired) electrons. The third-order valence-electron chi connectivity index (χ3n) is 3.46. The van der Waals surface area contributed by atoms with E-state index < -0.39 is 0 Å². The first-order valence-corrected chi connectivity index (χ1v) is 8.19. The van der Waals surface area contributed by atoms with Gasteiger partial charge in [0, 0.05) is 29.2 Å². The van der Waals surface area contributed by atoms with Crippen molar-refractivity contribution >= 4 is 27.7 Å². The Labute approximate surface area is 116 Å².